The lowest BCUT2D eigenvalue weighted by Gasteiger charge is -2.03. The van der Waals surface area contributed by atoms with Crippen molar-refractivity contribution in [2.24, 2.45) is 5.10 Å². The first-order valence-electron chi connectivity index (χ1n) is 5.59. The minimum atomic E-state index is 0.806. The summed E-state index contributed by atoms with van der Waals surface area (Å²) in [6, 6.07) is 5.76. The Bertz CT molecular complexity index is 293. The number of hydrogen-bond donors (Lipinski definition) is 1. The van der Waals surface area contributed by atoms with Crippen molar-refractivity contribution in [1.29, 1.82) is 0 Å². The molecule has 1 rings (SSSR count). The second-order valence-corrected chi connectivity index (χ2v) is 3.46. The Hall–Kier alpha value is -1.38. The first kappa shape index (κ1) is 11.7. The van der Waals surface area contributed by atoms with Gasteiger partial charge in [0.25, 0.3) is 0 Å². The quantitative estimate of drug-likeness (QED) is 0.570. The lowest BCUT2D eigenvalue weighted by Crippen LogP contribution is -2.01. The minimum absolute atomic E-state index is 0.806. The third-order valence-corrected chi connectivity index (χ3v) is 2.22. The molecule has 0 aromatic carbocycles. The molecule has 0 atom stereocenters. The second kappa shape index (κ2) is 6.98. The first-order chi connectivity index (χ1) is 7.36. The predicted molar refractivity (Wildman–Crippen MR) is 65.1 cm³/mol. The van der Waals surface area contributed by atoms with E-state index in [0.717, 1.165) is 18.7 Å². The Kier molecular flexibility index (Phi) is 5.44. The molecule has 0 aliphatic heterocycles. The van der Waals surface area contributed by atoms with Gasteiger partial charge in [-0.05, 0) is 31.4 Å². The van der Waals surface area contributed by atoms with Gasteiger partial charge in [-0.25, -0.2) is 4.98 Å². The van der Waals surface area contributed by atoms with E-state index in [-0.39, 0.29) is 0 Å². The highest BCUT2D eigenvalue weighted by Gasteiger charge is 1.96. The standard InChI is InChI=1S/C12H19N3/c1-3-5-8-11(4-2)14-15-12-9-6-7-10-13-12/h6-7,9-10H,3-5,8H2,1-2H3,(H,13,15)/b14-11+. The monoisotopic (exact) mass is 205 g/mol. The van der Waals surface area contributed by atoms with Gasteiger partial charge in [0.1, 0.15) is 5.82 Å². The van der Waals surface area contributed by atoms with E-state index in [2.05, 4.69) is 29.4 Å². The largest absolute Gasteiger partial charge is 0.261 e. The summed E-state index contributed by atoms with van der Waals surface area (Å²) in [5.41, 5.74) is 4.19. The maximum atomic E-state index is 4.35. The zero-order valence-electron chi connectivity index (χ0n) is 9.53. The van der Waals surface area contributed by atoms with E-state index in [4.69, 9.17) is 0 Å². The van der Waals surface area contributed by atoms with E-state index in [1.165, 1.54) is 18.6 Å². The van der Waals surface area contributed by atoms with Gasteiger partial charge in [-0.3, -0.25) is 5.43 Å². The molecule has 0 unspecified atom stereocenters. The fraction of sp³-hybridized carbons (Fsp3) is 0.500. The van der Waals surface area contributed by atoms with E-state index >= 15 is 0 Å². The average molecular weight is 205 g/mol. The smallest absolute Gasteiger partial charge is 0.146 e. The van der Waals surface area contributed by atoms with E-state index < -0.39 is 0 Å². The Morgan fingerprint density at radius 1 is 1.40 bits per heavy atom. The minimum Gasteiger partial charge on any atom is -0.261 e. The van der Waals surface area contributed by atoms with Gasteiger partial charge >= 0.3 is 0 Å². The molecule has 1 N–H and O–H groups in total. The Labute approximate surface area is 91.6 Å². The Morgan fingerprint density at radius 2 is 2.27 bits per heavy atom. The molecule has 1 heterocycles. The fourth-order valence-corrected chi connectivity index (χ4v) is 1.26. The summed E-state index contributed by atoms with van der Waals surface area (Å²) in [6.45, 7) is 4.33. The molecule has 0 aliphatic carbocycles. The molecule has 0 amide bonds. The number of rotatable bonds is 6. The summed E-state index contributed by atoms with van der Waals surface area (Å²) >= 11 is 0. The van der Waals surface area contributed by atoms with Crippen LogP contribution < -0.4 is 5.43 Å². The molecular weight excluding hydrogens is 186 g/mol. The van der Waals surface area contributed by atoms with Crippen molar-refractivity contribution in [3.8, 4) is 0 Å². The van der Waals surface area contributed by atoms with E-state index in [1.807, 2.05) is 18.2 Å². The topological polar surface area (TPSA) is 37.3 Å². The van der Waals surface area contributed by atoms with Crippen LogP contribution in [0.1, 0.15) is 39.5 Å². The number of nitrogens with zero attached hydrogens (tertiary/aromatic N) is 2. The lowest BCUT2D eigenvalue weighted by molar-refractivity contribution is 0.824. The van der Waals surface area contributed by atoms with E-state index in [1.54, 1.807) is 6.20 Å². The van der Waals surface area contributed by atoms with Crippen LogP contribution in [0, 0.1) is 0 Å². The van der Waals surface area contributed by atoms with Crippen molar-refractivity contribution >= 4 is 11.5 Å². The highest BCUT2D eigenvalue weighted by Crippen LogP contribution is 2.03. The van der Waals surface area contributed by atoms with Crippen LogP contribution in [-0.2, 0) is 0 Å². The van der Waals surface area contributed by atoms with Crippen molar-refractivity contribution in [3.05, 3.63) is 24.4 Å². The number of unbranched alkanes of at least 4 members (excludes halogenated alkanes) is 1. The summed E-state index contributed by atoms with van der Waals surface area (Å²) < 4.78 is 0. The number of anilines is 1. The molecule has 0 radical (unpaired) electrons. The van der Waals surface area contributed by atoms with Crippen LogP contribution in [0.25, 0.3) is 0 Å². The highest BCUT2D eigenvalue weighted by molar-refractivity contribution is 5.84. The average Bonchev–Trinajstić information content (AvgIpc) is 2.31. The van der Waals surface area contributed by atoms with Crippen molar-refractivity contribution in [2.75, 3.05) is 5.43 Å². The van der Waals surface area contributed by atoms with Crippen LogP contribution in [0.15, 0.2) is 29.5 Å². The Morgan fingerprint density at radius 3 is 2.87 bits per heavy atom. The van der Waals surface area contributed by atoms with Gasteiger partial charge in [-0.15, -0.1) is 0 Å². The van der Waals surface area contributed by atoms with Crippen LogP contribution in [0.5, 0.6) is 0 Å². The van der Waals surface area contributed by atoms with Gasteiger partial charge in [0.2, 0.25) is 0 Å². The molecule has 3 heteroatoms. The molecule has 0 fully saturated rings. The zero-order valence-corrected chi connectivity index (χ0v) is 9.53. The maximum absolute atomic E-state index is 4.35. The van der Waals surface area contributed by atoms with Gasteiger partial charge in [-0.2, -0.15) is 5.10 Å². The van der Waals surface area contributed by atoms with Crippen LogP contribution in [0.2, 0.25) is 0 Å². The second-order valence-electron chi connectivity index (χ2n) is 3.46. The van der Waals surface area contributed by atoms with Crippen molar-refractivity contribution in [1.82, 2.24) is 4.98 Å². The molecule has 1 aromatic heterocycles. The SMILES string of the molecule is CCCC/C(CC)=N/Nc1ccccn1. The normalized spacial score (nSPS) is 11.5. The van der Waals surface area contributed by atoms with Crippen LogP contribution >= 0.6 is 0 Å². The number of pyridine rings is 1. The molecule has 0 saturated carbocycles. The molecule has 3 nitrogen and oxygen atoms in total. The van der Waals surface area contributed by atoms with Gasteiger partial charge in [0.15, 0.2) is 0 Å². The van der Waals surface area contributed by atoms with Gasteiger partial charge in [0, 0.05) is 11.9 Å². The summed E-state index contributed by atoms with van der Waals surface area (Å²) in [5, 5.41) is 4.35. The predicted octanol–water partition coefficient (Wildman–Crippen LogP) is 3.45. The van der Waals surface area contributed by atoms with Gasteiger partial charge < -0.3 is 0 Å². The molecule has 82 valence electrons. The van der Waals surface area contributed by atoms with Gasteiger partial charge in [-0.1, -0.05) is 26.3 Å². The van der Waals surface area contributed by atoms with Crippen molar-refractivity contribution < 1.29 is 0 Å². The molecule has 15 heavy (non-hydrogen) atoms. The zero-order chi connectivity index (χ0) is 10.9. The maximum Gasteiger partial charge on any atom is 0.146 e. The number of aromatic nitrogens is 1. The Balaban J connectivity index is 2.47. The molecule has 0 saturated heterocycles. The molecule has 0 aliphatic rings. The highest BCUT2D eigenvalue weighted by atomic mass is 15.3. The van der Waals surface area contributed by atoms with E-state index in [9.17, 15) is 0 Å². The molecular formula is C12H19N3. The van der Waals surface area contributed by atoms with Gasteiger partial charge in [0.05, 0.1) is 0 Å². The number of hydrogen-bond acceptors (Lipinski definition) is 3. The van der Waals surface area contributed by atoms with Crippen LogP contribution in [0.4, 0.5) is 5.82 Å². The summed E-state index contributed by atoms with van der Waals surface area (Å²) in [7, 11) is 0. The number of nitrogens with one attached hydrogen (secondary N) is 1. The molecule has 0 spiro atoms. The fourth-order valence-electron chi connectivity index (χ4n) is 1.26. The summed E-state index contributed by atoms with van der Waals surface area (Å²) in [5.74, 6) is 0.806. The first-order valence-corrected chi connectivity index (χ1v) is 5.59. The van der Waals surface area contributed by atoms with Crippen molar-refractivity contribution in [3.63, 3.8) is 0 Å². The third kappa shape index (κ3) is 4.58. The molecule has 1 aromatic rings. The summed E-state index contributed by atoms with van der Waals surface area (Å²) in [6.07, 6.45) is 6.25. The van der Waals surface area contributed by atoms with E-state index in [0.29, 0.717) is 0 Å². The molecule has 0 bridgehead atoms. The third-order valence-electron chi connectivity index (χ3n) is 2.22. The van der Waals surface area contributed by atoms with Crippen LogP contribution in [-0.4, -0.2) is 10.7 Å². The van der Waals surface area contributed by atoms with Crippen molar-refractivity contribution in [2.45, 2.75) is 39.5 Å². The summed E-state index contributed by atoms with van der Waals surface area (Å²) in [4.78, 5) is 4.15. The number of hydrazone groups is 1. The van der Waals surface area contributed by atoms with Crippen LogP contribution in [0.3, 0.4) is 0 Å². The lowest BCUT2D eigenvalue weighted by atomic mass is 10.1.